The van der Waals surface area contributed by atoms with Gasteiger partial charge in [0.25, 0.3) is 0 Å². The first-order valence-electron chi connectivity index (χ1n) is 5.21. The van der Waals surface area contributed by atoms with Crippen LogP contribution in [0.4, 0.5) is 0 Å². The first kappa shape index (κ1) is 10.7. The second-order valence-electron chi connectivity index (χ2n) is 3.88. The highest BCUT2D eigenvalue weighted by Crippen LogP contribution is 2.36. The Balaban J connectivity index is 2.41. The number of amides is 1. The predicted octanol–water partition coefficient (Wildman–Crippen LogP) is 2.82. The van der Waals surface area contributed by atoms with Gasteiger partial charge in [0.05, 0.1) is 4.95 Å². The molecule has 0 spiro atoms. The second-order valence-corrected chi connectivity index (χ2v) is 4.99. The van der Waals surface area contributed by atoms with E-state index in [1.54, 1.807) is 6.08 Å². The molecule has 1 aliphatic heterocycles. The number of hydrogen-bond acceptors (Lipinski definition) is 1. The van der Waals surface area contributed by atoms with E-state index in [0.29, 0.717) is 0 Å². The molecule has 0 aromatic carbocycles. The first-order chi connectivity index (χ1) is 7.22. The molecule has 3 heteroatoms. The van der Waals surface area contributed by atoms with Crippen molar-refractivity contribution in [1.29, 1.82) is 0 Å². The van der Waals surface area contributed by atoms with Gasteiger partial charge in [0.15, 0.2) is 0 Å². The Bertz CT molecular complexity index is 368. The van der Waals surface area contributed by atoms with Crippen LogP contribution in [0.3, 0.4) is 0 Å². The molecule has 1 amide bonds. The van der Waals surface area contributed by atoms with Gasteiger partial charge in [0.2, 0.25) is 5.91 Å². The van der Waals surface area contributed by atoms with Crippen LogP contribution in [0.5, 0.6) is 0 Å². The molecule has 2 aliphatic rings. The Hall–Kier alpha value is -0.830. The minimum atomic E-state index is 0.0433. The highest BCUT2D eigenvalue weighted by atomic mass is 79.9. The van der Waals surface area contributed by atoms with Crippen LogP contribution in [0.2, 0.25) is 0 Å². The van der Waals surface area contributed by atoms with Crippen LogP contribution in [-0.4, -0.2) is 10.9 Å². The average Bonchev–Trinajstić information content (AvgIpc) is 2.61. The molecule has 1 unspecified atom stereocenters. The topological polar surface area (TPSA) is 29.1 Å². The van der Waals surface area contributed by atoms with Gasteiger partial charge < -0.3 is 5.32 Å². The smallest absolute Gasteiger partial charge is 0.248 e. The summed E-state index contributed by atoms with van der Waals surface area (Å²) in [5, 5.41) is 2.95. The third-order valence-corrected chi connectivity index (χ3v) is 3.44. The molecular formula is C12H14BrNO. The summed E-state index contributed by atoms with van der Waals surface area (Å²) in [6, 6.07) is 0. The maximum atomic E-state index is 11.8. The lowest BCUT2D eigenvalue weighted by Gasteiger charge is -2.10. The normalized spacial score (nSPS) is 28.7. The fourth-order valence-electron chi connectivity index (χ4n) is 2.26. The highest BCUT2D eigenvalue weighted by Gasteiger charge is 2.28. The lowest BCUT2D eigenvalue weighted by Crippen LogP contribution is -2.29. The zero-order valence-corrected chi connectivity index (χ0v) is 10.1. The summed E-state index contributed by atoms with van der Waals surface area (Å²) in [5.41, 5.74) is 3.47. The van der Waals surface area contributed by atoms with Crippen LogP contribution in [0.15, 0.2) is 35.5 Å². The van der Waals surface area contributed by atoms with E-state index >= 15 is 0 Å². The number of nitrogens with one attached hydrogen (secondary N) is 1. The van der Waals surface area contributed by atoms with Crippen molar-refractivity contribution < 1.29 is 4.79 Å². The molecule has 80 valence electrons. The van der Waals surface area contributed by atoms with Crippen molar-refractivity contribution >= 4 is 21.8 Å². The van der Waals surface area contributed by atoms with Gasteiger partial charge in [-0.25, -0.2) is 0 Å². The molecule has 0 bridgehead atoms. The Kier molecular flexibility index (Phi) is 3.10. The third kappa shape index (κ3) is 2.07. The largest absolute Gasteiger partial charge is 0.340 e. The Morgan fingerprint density at radius 3 is 2.87 bits per heavy atom. The summed E-state index contributed by atoms with van der Waals surface area (Å²) in [5.74, 6) is 0.0943. The summed E-state index contributed by atoms with van der Waals surface area (Å²) in [4.78, 5) is 11.8. The summed E-state index contributed by atoms with van der Waals surface area (Å²) in [6.07, 6.45) is 7.70. The van der Waals surface area contributed by atoms with Crippen molar-refractivity contribution in [2.75, 3.05) is 0 Å². The lowest BCUT2D eigenvalue weighted by molar-refractivity contribution is -0.117. The van der Waals surface area contributed by atoms with Crippen molar-refractivity contribution in [3.8, 4) is 0 Å². The molecule has 0 aromatic rings. The van der Waals surface area contributed by atoms with E-state index in [1.165, 1.54) is 11.1 Å². The van der Waals surface area contributed by atoms with Gasteiger partial charge in [0.1, 0.15) is 0 Å². The van der Waals surface area contributed by atoms with Gasteiger partial charge >= 0.3 is 0 Å². The van der Waals surface area contributed by atoms with E-state index in [1.807, 2.05) is 6.08 Å². The van der Waals surface area contributed by atoms with E-state index in [-0.39, 0.29) is 10.9 Å². The molecule has 2 nitrogen and oxygen atoms in total. The molecule has 0 radical (unpaired) electrons. The maximum Gasteiger partial charge on any atom is 0.248 e. The SMILES string of the molecule is C=C/C=C1\CC(Br)NC(=O)C2=C1CCC2. The summed E-state index contributed by atoms with van der Waals surface area (Å²) < 4.78 is 0. The fraction of sp³-hybridized carbons (Fsp3) is 0.417. The number of hydrogen-bond donors (Lipinski definition) is 1. The molecule has 1 atom stereocenters. The van der Waals surface area contributed by atoms with Crippen LogP contribution in [0, 0.1) is 0 Å². The Morgan fingerprint density at radius 1 is 1.40 bits per heavy atom. The van der Waals surface area contributed by atoms with E-state index in [0.717, 1.165) is 31.3 Å². The van der Waals surface area contributed by atoms with Crippen LogP contribution >= 0.6 is 15.9 Å². The van der Waals surface area contributed by atoms with Crippen molar-refractivity contribution in [2.24, 2.45) is 0 Å². The van der Waals surface area contributed by atoms with Crippen LogP contribution in [0.1, 0.15) is 25.7 Å². The van der Waals surface area contributed by atoms with E-state index < -0.39 is 0 Å². The summed E-state index contributed by atoms with van der Waals surface area (Å²) in [6.45, 7) is 3.72. The lowest BCUT2D eigenvalue weighted by atomic mass is 10.00. The number of allylic oxidation sites excluding steroid dienone is 3. The molecule has 15 heavy (non-hydrogen) atoms. The number of carbonyl (C=O) groups is 1. The van der Waals surface area contributed by atoms with E-state index in [9.17, 15) is 4.79 Å². The van der Waals surface area contributed by atoms with Crippen molar-refractivity contribution in [2.45, 2.75) is 30.6 Å². The number of alkyl halides is 1. The van der Waals surface area contributed by atoms with Crippen LogP contribution in [-0.2, 0) is 4.79 Å². The van der Waals surface area contributed by atoms with Crippen molar-refractivity contribution in [1.82, 2.24) is 5.32 Å². The van der Waals surface area contributed by atoms with Gasteiger partial charge in [-0.05, 0) is 30.4 Å². The van der Waals surface area contributed by atoms with E-state index in [2.05, 4.69) is 27.8 Å². The van der Waals surface area contributed by atoms with Crippen LogP contribution < -0.4 is 5.32 Å². The quantitative estimate of drug-likeness (QED) is 0.575. The van der Waals surface area contributed by atoms with Crippen molar-refractivity contribution in [3.63, 3.8) is 0 Å². The van der Waals surface area contributed by atoms with Gasteiger partial charge in [-0.15, -0.1) is 0 Å². The van der Waals surface area contributed by atoms with Gasteiger partial charge in [-0.3, -0.25) is 4.79 Å². The molecule has 0 saturated carbocycles. The Labute approximate surface area is 98.3 Å². The van der Waals surface area contributed by atoms with Gasteiger partial charge in [-0.1, -0.05) is 34.7 Å². The molecule has 2 rings (SSSR count). The van der Waals surface area contributed by atoms with Gasteiger partial charge in [0, 0.05) is 12.0 Å². The molecule has 0 aromatic heterocycles. The van der Waals surface area contributed by atoms with Gasteiger partial charge in [-0.2, -0.15) is 0 Å². The first-order valence-corrected chi connectivity index (χ1v) is 6.13. The van der Waals surface area contributed by atoms with E-state index in [4.69, 9.17) is 0 Å². The minimum absolute atomic E-state index is 0.0433. The predicted molar refractivity (Wildman–Crippen MR) is 64.6 cm³/mol. The third-order valence-electron chi connectivity index (χ3n) is 2.89. The molecule has 1 N–H and O–H groups in total. The zero-order chi connectivity index (χ0) is 10.8. The minimum Gasteiger partial charge on any atom is -0.340 e. The molecule has 1 heterocycles. The summed E-state index contributed by atoms with van der Waals surface area (Å²) in [7, 11) is 0. The molecule has 0 fully saturated rings. The monoisotopic (exact) mass is 267 g/mol. The Morgan fingerprint density at radius 2 is 2.13 bits per heavy atom. The standard InChI is InChI=1S/C12H14BrNO/c1-2-4-8-7-11(13)14-12(15)10-6-3-5-9(8)10/h2,4,11H,1,3,5-7H2,(H,14,15)/b8-4+. The van der Waals surface area contributed by atoms with Crippen molar-refractivity contribution in [3.05, 3.63) is 35.5 Å². The number of halogens is 1. The highest BCUT2D eigenvalue weighted by molar-refractivity contribution is 9.09. The second kappa shape index (κ2) is 4.35. The molecular weight excluding hydrogens is 254 g/mol. The average molecular weight is 268 g/mol. The summed E-state index contributed by atoms with van der Waals surface area (Å²) >= 11 is 3.46. The zero-order valence-electron chi connectivity index (χ0n) is 8.55. The fourth-order valence-corrected chi connectivity index (χ4v) is 2.81. The maximum absolute atomic E-state index is 11.8. The number of rotatable bonds is 1. The molecule has 0 saturated heterocycles. The molecule has 1 aliphatic carbocycles. The number of carbonyl (C=O) groups excluding carboxylic acids is 1. The van der Waals surface area contributed by atoms with Crippen LogP contribution in [0.25, 0.3) is 0 Å².